The van der Waals surface area contributed by atoms with E-state index in [-0.39, 0.29) is 0 Å². The molecular weight excluding hydrogens is 350 g/mol. The fraction of sp³-hybridized carbons (Fsp3) is 0.176. The molecule has 10 heteroatoms. The summed E-state index contributed by atoms with van der Waals surface area (Å²) in [6.45, 7) is 0. The lowest BCUT2D eigenvalue weighted by Gasteiger charge is -2.13. The number of imidazole rings is 1. The predicted molar refractivity (Wildman–Crippen MR) is 98.3 cm³/mol. The van der Waals surface area contributed by atoms with E-state index in [9.17, 15) is 0 Å². The third kappa shape index (κ3) is 2.58. The minimum Gasteiger partial charge on any atom is -0.493 e. The van der Waals surface area contributed by atoms with E-state index in [2.05, 4.69) is 25.0 Å². The van der Waals surface area contributed by atoms with Crippen LogP contribution in [-0.4, -0.2) is 51.0 Å². The van der Waals surface area contributed by atoms with Gasteiger partial charge in [-0.1, -0.05) is 0 Å². The van der Waals surface area contributed by atoms with E-state index in [0.717, 1.165) is 0 Å². The zero-order chi connectivity index (χ0) is 19.0. The Morgan fingerprint density at radius 3 is 2.33 bits per heavy atom. The minimum atomic E-state index is 0.311. The van der Waals surface area contributed by atoms with Gasteiger partial charge in [0.05, 0.1) is 33.0 Å². The molecule has 0 atom stereocenters. The van der Waals surface area contributed by atoms with Gasteiger partial charge in [-0.25, -0.2) is 15.0 Å². The summed E-state index contributed by atoms with van der Waals surface area (Å²) in [4.78, 5) is 15.6. The number of ether oxygens (including phenoxy) is 3. The van der Waals surface area contributed by atoms with Crippen LogP contribution in [0.4, 0.5) is 5.82 Å². The summed E-state index contributed by atoms with van der Waals surface area (Å²) in [5, 5.41) is 5.28. The van der Waals surface area contributed by atoms with Gasteiger partial charge >= 0.3 is 0 Å². The number of aromatic amines is 1. The van der Waals surface area contributed by atoms with Crippen LogP contribution in [0, 0.1) is 0 Å². The average molecular weight is 367 g/mol. The zero-order valence-corrected chi connectivity index (χ0v) is 14.9. The maximum Gasteiger partial charge on any atom is 0.203 e. The molecule has 0 amide bonds. The Morgan fingerprint density at radius 2 is 1.74 bits per heavy atom. The lowest BCUT2D eigenvalue weighted by Crippen LogP contribution is -1.99. The standard InChI is InChI=1S/C17H17N7O3/c1-25-10-4-9(5-11(26-2)15(10)27-3)14-13-16(18)21-8-22-17(13)24(23-14)12-6-19-7-20-12/h4-8H,1-3H3,(H,19,20)(H2,18,21,22). The molecular formula is C17H17N7O3. The number of benzene rings is 1. The number of H-pyrrole nitrogens is 1. The fourth-order valence-electron chi connectivity index (χ4n) is 2.92. The lowest BCUT2D eigenvalue weighted by molar-refractivity contribution is 0.324. The summed E-state index contributed by atoms with van der Waals surface area (Å²) in [6.07, 6.45) is 4.66. The second-order valence-electron chi connectivity index (χ2n) is 5.56. The molecule has 27 heavy (non-hydrogen) atoms. The van der Waals surface area contributed by atoms with Crippen molar-refractivity contribution in [1.29, 1.82) is 0 Å². The molecule has 0 aliphatic carbocycles. The highest BCUT2D eigenvalue weighted by atomic mass is 16.5. The summed E-state index contributed by atoms with van der Waals surface area (Å²) in [5.41, 5.74) is 7.97. The van der Waals surface area contributed by atoms with Crippen LogP contribution in [0.3, 0.4) is 0 Å². The first-order valence-electron chi connectivity index (χ1n) is 7.96. The van der Waals surface area contributed by atoms with Crippen LogP contribution in [-0.2, 0) is 0 Å². The van der Waals surface area contributed by atoms with Crippen LogP contribution in [0.1, 0.15) is 0 Å². The molecule has 1 aromatic carbocycles. The van der Waals surface area contributed by atoms with Crippen molar-refractivity contribution in [2.75, 3.05) is 27.1 Å². The molecule has 0 bridgehead atoms. The molecule has 4 rings (SSSR count). The zero-order valence-electron chi connectivity index (χ0n) is 14.9. The van der Waals surface area contributed by atoms with Gasteiger partial charge in [0.2, 0.25) is 5.75 Å². The van der Waals surface area contributed by atoms with Crippen molar-refractivity contribution in [2.45, 2.75) is 0 Å². The summed E-state index contributed by atoms with van der Waals surface area (Å²) >= 11 is 0. The van der Waals surface area contributed by atoms with Crippen molar-refractivity contribution in [3.05, 3.63) is 31.0 Å². The van der Waals surface area contributed by atoms with Crippen molar-refractivity contribution in [1.82, 2.24) is 29.7 Å². The quantitative estimate of drug-likeness (QED) is 0.547. The van der Waals surface area contributed by atoms with Crippen molar-refractivity contribution >= 4 is 16.9 Å². The first kappa shape index (κ1) is 16.6. The first-order chi connectivity index (χ1) is 13.2. The molecule has 0 unspecified atom stereocenters. The third-order valence-corrected chi connectivity index (χ3v) is 4.13. The molecule has 0 saturated heterocycles. The highest BCUT2D eigenvalue weighted by Crippen LogP contribution is 2.42. The van der Waals surface area contributed by atoms with Gasteiger partial charge < -0.3 is 24.9 Å². The molecule has 0 radical (unpaired) electrons. The normalized spacial score (nSPS) is 10.9. The summed E-state index contributed by atoms with van der Waals surface area (Å²) in [7, 11) is 4.66. The third-order valence-electron chi connectivity index (χ3n) is 4.13. The Kier molecular flexibility index (Phi) is 3.99. The van der Waals surface area contributed by atoms with E-state index in [1.165, 1.54) is 6.33 Å². The van der Waals surface area contributed by atoms with Gasteiger partial charge in [-0.15, -0.1) is 0 Å². The maximum atomic E-state index is 6.14. The number of rotatable bonds is 5. The van der Waals surface area contributed by atoms with E-state index in [4.69, 9.17) is 19.9 Å². The SMILES string of the molecule is COc1cc(-c2nn(-c3c[nH]cn3)c3ncnc(N)c23)cc(OC)c1OC. The Balaban J connectivity index is 2.03. The molecule has 4 aromatic rings. The fourth-order valence-corrected chi connectivity index (χ4v) is 2.92. The number of nitrogens with zero attached hydrogens (tertiary/aromatic N) is 5. The molecule has 3 aromatic heterocycles. The Labute approximate surface area is 153 Å². The van der Waals surface area contributed by atoms with Crippen LogP contribution < -0.4 is 19.9 Å². The average Bonchev–Trinajstić information content (AvgIpc) is 3.35. The van der Waals surface area contributed by atoms with Gasteiger partial charge in [0, 0.05) is 11.8 Å². The molecule has 0 spiro atoms. The molecule has 0 fully saturated rings. The molecule has 0 aliphatic heterocycles. The van der Waals surface area contributed by atoms with Gasteiger partial charge in [-0.3, -0.25) is 0 Å². The number of aromatic nitrogens is 6. The number of nitrogen functional groups attached to an aromatic ring is 1. The van der Waals surface area contributed by atoms with Crippen LogP contribution in [0.5, 0.6) is 17.2 Å². The Bertz CT molecular complexity index is 1080. The van der Waals surface area contributed by atoms with Gasteiger partial charge in [-0.05, 0) is 12.1 Å². The van der Waals surface area contributed by atoms with E-state index in [0.29, 0.717) is 51.2 Å². The summed E-state index contributed by atoms with van der Waals surface area (Å²) in [6, 6.07) is 3.59. The number of fused-ring (bicyclic) bond motifs is 1. The van der Waals surface area contributed by atoms with E-state index in [1.54, 1.807) is 50.7 Å². The number of hydrogen-bond donors (Lipinski definition) is 2. The summed E-state index contributed by atoms with van der Waals surface area (Å²) < 4.78 is 17.9. The van der Waals surface area contributed by atoms with Crippen molar-refractivity contribution < 1.29 is 14.2 Å². The van der Waals surface area contributed by atoms with Gasteiger partial charge in [0.1, 0.15) is 17.8 Å². The number of methoxy groups -OCH3 is 3. The Hall–Kier alpha value is -3.82. The Morgan fingerprint density at radius 1 is 1.00 bits per heavy atom. The van der Waals surface area contributed by atoms with Crippen LogP contribution >= 0.6 is 0 Å². The van der Waals surface area contributed by atoms with Crippen molar-refractivity contribution in [2.24, 2.45) is 0 Å². The van der Waals surface area contributed by atoms with Crippen LogP contribution in [0.2, 0.25) is 0 Å². The minimum absolute atomic E-state index is 0.311. The lowest BCUT2D eigenvalue weighted by atomic mass is 10.1. The largest absolute Gasteiger partial charge is 0.493 e. The molecule has 0 saturated carbocycles. The molecule has 3 N–H and O–H groups in total. The first-order valence-corrected chi connectivity index (χ1v) is 7.96. The monoisotopic (exact) mass is 367 g/mol. The summed E-state index contributed by atoms with van der Waals surface area (Å²) in [5.74, 6) is 2.39. The van der Waals surface area contributed by atoms with Crippen LogP contribution in [0.15, 0.2) is 31.0 Å². The molecule has 10 nitrogen and oxygen atoms in total. The number of anilines is 1. The predicted octanol–water partition coefficient (Wildman–Crippen LogP) is 1.81. The van der Waals surface area contributed by atoms with Gasteiger partial charge in [0.25, 0.3) is 0 Å². The van der Waals surface area contributed by atoms with Gasteiger partial charge in [0.15, 0.2) is 23.0 Å². The molecule has 3 heterocycles. The van der Waals surface area contributed by atoms with Gasteiger partial charge in [-0.2, -0.15) is 9.78 Å². The van der Waals surface area contributed by atoms with Crippen molar-refractivity contribution in [3.8, 4) is 34.3 Å². The highest BCUT2D eigenvalue weighted by molar-refractivity contribution is 5.99. The van der Waals surface area contributed by atoms with E-state index in [1.807, 2.05) is 0 Å². The maximum absolute atomic E-state index is 6.14. The topological polar surface area (TPSA) is 126 Å². The van der Waals surface area contributed by atoms with E-state index < -0.39 is 0 Å². The molecule has 138 valence electrons. The number of nitrogens with one attached hydrogen (secondary N) is 1. The number of hydrogen-bond acceptors (Lipinski definition) is 8. The van der Waals surface area contributed by atoms with Crippen LogP contribution in [0.25, 0.3) is 28.1 Å². The second kappa shape index (κ2) is 6.48. The second-order valence-corrected chi connectivity index (χ2v) is 5.56. The number of nitrogens with two attached hydrogens (primary N) is 1. The van der Waals surface area contributed by atoms with Crippen molar-refractivity contribution in [3.63, 3.8) is 0 Å². The highest BCUT2D eigenvalue weighted by Gasteiger charge is 2.22. The molecule has 0 aliphatic rings. The smallest absolute Gasteiger partial charge is 0.203 e. The van der Waals surface area contributed by atoms with E-state index >= 15 is 0 Å².